The zero-order chi connectivity index (χ0) is 25.2. The van der Waals surface area contributed by atoms with Gasteiger partial charge in [-0.25, -0.2) is 8.42 Å². The average molecular weight is 490 g/mol. The molecule has 4 nitrogen and oxygen atoms in total. The van der Waals surface area contributed by atoms with E-state index in [0.29, 0.717) is 24.2 Å². The van der Waals surface area contributed by atoms with Crippen LogP contribution in [0.2, 0.25) is 0 Å². The number of rotatable bonds is 8. The minimum Gasteiger partial charge on any atom is -0.298 e. The first kappa shape index (κ1) is 25.3. The van der Waals surface area contributed by atoms with E-state index in [1.165, 1.54) is 15.4 Å². The summed E-state index contributed by atoms with van der Waals surface area (Å²) in [6.45, 7) is 8.00. The number of sulfonamides is 1. The Hall–Kier alpha value is -2.76. The fourth-order valence-electron chi connectivity index (χ4n) is 5.36. The third kappa shape index (κ3) is 5.41. The zero-order valence-electron chi connectivity index (χ0n) is 21.2. The number of ketones is 1. The lowest BCUT2D eigenvalue weighted by atomic mass is 9.91. The molecule has 0 radical (unpaired) electrons. The monoisotopic (exact) mass is 489 g/mol. The van der Waals surface area contributed by atoms with Crippen LogP contribution in [-0.2, 0) is 40.6 Å². The molecule has 35 heavy (non-hydrogen) atoms. The first-order valence-corrected chi connectivity index (χ1v) is 13.9. The van der Waals surface area contributed by atoms with Crippen LogP contribution in [0.5, 0.6) is 0 Å². The highest BCUT2D eigenvalue weighted by molar-refractivity contribution is 7.89. The number of nitrogens with zero attached hydrogens (tertiary/aromatic N) is 1. The molecule has 0 aromatic heterocycles. The molecule has 0 N–H and O–H groups in total. The summed E-state index contributed by atoms with van der Waals surface area (Å²) in [5.74, 6) is -0.00265. The van der Waals surface area contributed by atoms with Crippen molar-refractivity contribution in [1.29, 1.82) is 0 Å². The Balaban J connectivity index is 1.61. The van der Waals surface area contributed by atoms with Gasteiger partial charge in [-0.15, -0.1) is 0 Å². The maximum absolute atomic E-state index is 14.0. The van der Waals surface area contributed by atoms with Crippen molar-refractivity contribution in [2.45, 2.75) is 77.3 Å². The van der Waals surface area contributed by atoms with Crippen molar-refractivity contribution in [1.82, 2.24) is 4.31 Å². The Morgan fingerprint density at radius 1 is 0.914 bits per heavy atom. The summed E-state index contributed by atoms with van der Waals surface area (Å²) in [6.07, 6.45) is 3.29. The van der Waals surface area contributed by atoms with Crippen LogP contribution < -0.4 is 0 Å². The maximum Gasteiger partial charge on any atom is 0.244 e. The van der Waals surface area contributed by atoms with Gasteiger partial charge in [0.2, 0.25) is 10.0 Å². The van der Waals surface area contributed by atoms with E-state index in [2.05, 4.69) is 31.2 Å². The first-order chi connectivity index (χ1) is 16.7. The van der Waals surface area contributed by atoms with Crippen LogP contribution in [-0.4, -0.2) is 24.5 Å². The van der Waals surface area contributed by atoms with E-state index in [0.717, 1.165) is 40.7 Å². The largest absolute Gasteiger partial charge is 0.298 e. The SMILES string of the molecule is CCc1cccc(CCCC(=O)C2Cc3ccccc3CN2S(=O)(=O)c2c(C)cc(C)cc2C)c1. The highest BCUT2D eigenvalue weighted by Gasteiger charge is 2.40. The normalized spacial score (nSPS) is 16.2. The molecule has 0 bridgehead atoms. The summed E-state index contributed by atoms with van der Waals surface area (Å²) in [4.78, 5) is 13.9. The summed E-state index contributed by atoms with van der Waals surface area (Å²) in [6, 6.07) is 19.5. The number of benzene rings is 3. The Kier molecular flexibility index (Phi) is 7.58. The van der Waals surface area contributed by atoms with Crippen molar-refractivity contribution < 1.29 is 13.2 Å². The van der Waals surface area contributed by atoms with E-state index in [1.807, 2.05) is 57.2 Å². The molecule has 1 unspecified atom stereocenters. The molecular formula is C30H35NO3S. The summed E-state index contributed by atoms with van der Waals surface area (Å²) in [7, 11) is -3.85. The highest BCUT2D eigenvalue weighted by atomic mass is 32.2. The number of hydrogen-bond donors (Lipinski definition) is 0. The molecule has 0 amide bonds. The van der Waals surface area contributed by atoms with Gasteiger partial charge < -0.3 is 0 Å². The smallest absolute Gasteiger partial charge is 0.244 e. The van der Waals surface area contributed by atoms with Crippen molar-refractivity contribution in [2.24, 2.45) is 0 Å². The van der Waals surface area contributed by atoms with Crippen LogP contribution >= 0.6 is 0 Å². The standard InChI is InChI=1S/C30H35NO3S/c1-5-24-10-8-11-25(18-24)12-9-15-29(32)28-19-26-13-6-7-14-27(26)20-31(28)35(33,34)30-22(3)16-21(2)17-23(30)4/h6-8,10-11,13-14,16-18,28H,5,9,12,15,19-20H2,1-4H3. The predicted molar refractivity (Wildman–Crippen MR) is 141 cm³/mol. The molecule has 1 heterocycles. The van der Waals surface area contributed by atoms with Gasteiger partial charge in [0.05, 0.1) is 10.9 Å². The minimum absolute atomic E-state index is 0.00265. The minimum atomic E-state index is -3.85. The van der Waals surface area contributed by atoms with Crippen LogP contribution in [0.25, 0.3) is 0 Å². The van der Waals surface area contributed by atoms with Gasteiger partial charge in [-0.1, -0.05) is 73.2 Å². The van der Waals surface area contributed by atoms with Gasteiger partial charge >= 0.3 is 0 Å². The van der Waals surface area contributed by atoms with Gasteiger partial charge in [-0.05, 0) is 79.8 Å². The number of aryl methyl sites for hydroxylation is 5. The lowest BCUT2D eigenvalue weighted by Gasteiger charge is -2.36. The van der Waals surface area contributed by atoms with Crippen molar-refractivity contribution >= 4 is 15.8 Å². The van der Waals surface area contributed by atoms with Gasteiger partial charge in [-0.2, -0.15) is 4.31 Å². The Labute approximate surface area is 210 Å². The number of carbonyl (C=O) groups is 1. The number of hydrogen-bond acceptors (Lipinski definition) is 3. The van der Waals surface area contributed by atoms with E-state index < -0.39 is 16.1 Å². The Morgan fingerprint density at radius 3 is 2.26 bits per heavy atom. The lowest BCUT2D eigenvalue weighted by Crippen LogP contribution is -2.48. The summed E-state index contributed by atoms with van der Waals surface area (Å²) < 4.78 is 29.5. The van der Waals surface area contributed by atoms with E-state index in [1.54, 1.807) is 0 Å². The summed E-state index contributed by atoms with van der Waals surface area (Å²) in [5.41, 5.74) is 7.03. The zero-order valence-corrected chi connectivity index (χ0v) is 22.0. The van der Waals surface area contributed by atoms with Gasteiger partial charge in [-0.3, -0.25) is 4.79 Å². The van der Waals surface area contributed by atoms with Crippen LogP contribution in [0.4, 0.5) is 0 Å². The second-order valence-electron chi connectivity index (χ2n) is 9.76. The quantitative estimate of drug-likeness (QED) is 0.397. The Morgan fingerprint density at radius 2 is 1.57 bits per heavy atom. The second kappa shape index (κ2) is 10.5. The van der Waals surface area contributed by atoms with E-state index in [4.69, 9.17) is 0 Å². The molecule has 3 aromatic rings. The first-order valence-electron chi connectivity index (χ1n) is 12.5. The Bertz CT molecular complexity index is 1320. The van der Waals surface area contributed by atoms with Gasteiger partial charge in [0, 0.05) is 13.0 Å². The molecule has 4 rings (SSSR count). The molecule has 0 saturated carbocycles. The molecule has 5 heteroatoms. The molecule has 3 aromatic carbocycles. The lowest BCUT2D eigenvalue weighted by molar-refractivity contribution is -0.123. The highest BCUT2D eigenvalue weighted by Crippen LogP contribution is 2.33. The fraction of sp³-hybridized carbons (Fsp3) is 0.367. The van der Waals surface area contributed by atoms with Crippen LogP contribution in [0.15, 0.2) is 65.6 Å². The van der Waals surface area contributed by atoms with Gasteiger partial charge in [0.25, 0.3) is 0 Å². The van der Waals surface area contributed by atoms with Crippen LogP contribution in [0.1, 0.15) is 58.7 Å². The van der Waals surface area contributed by atoms with E-state index in [-0.39, 0.29) is 12.3 Å². The van der Waals surface area contributed by atoms with Crippen molar-refractivity contribution in [2.75, 3.05) is 0 Å². The van der Waals surface area contributed by atoms with Crippen LogP contribution in [0.3, 0.4) is 0 Å². The predicted octanol–water partition coefficient (Wildman–Crippen LogP) is 5.88. The van der Waals surface area contributed by atoms with Crippen LogP contribution in [0, 0.1) is 20.8 Å². The number of carbonyl (C=O) groups excluding carboxylic acids is 1. The maximum atomic E-state index is 14.0. The second-order valence-corrected chi connectivity index (χ2v) is 11.6. The molecule has 0 spiro atoms. The van der Waals surface area contributed by atoms with Gasteiger partial charge in [0.1, 0.15) is 0 Å². The van der Waals surface area contributed by atoms with Gasteiger partial charge in [0.15, 0.2) is 5.78 Å². The van der Waals surface area contributed by atoms with Crippen molar-refractivity contribution in [3.05, 3.63) is 99.6 Å². The molecule has 0 fully saturated rings. The molecule has 1 atom stereocenters. The molecule has 1 aliphatic heterocycles. The molecule has 0 saturated heterocycles. The third-order valence-electron chi connectivity index (χ3n) is 7.04. The third-order valence-corrected chi connectivity index (χ3v) is 9.20. The topological polar surface area (TPSA) is 54.5 Å². The van der Waals surface area contributed by atoms with E-state index >= 15 is 0 Å². The summed E-state index contributed by atoms with van der Waals surface area (Å²) >= 11 is 0. The molecule has 184 valence electrons. The molecular weight excluding hydrogens is 454 g/mol. The fourth-order valence-corrected chi connectivity index (χ4v) is 7.36. The number of Topliss-reactive ketones (excluding diaryl/α,β-unsaturated/α-hetero) is 1. The number of fused-ring (bicyclic) bond motifs is 1. The van der Waals surface area contributed by atoms with E-state index in [9.17, 15) is 13.2 Å². The molecule has 0 aliphatic carbocycles. The average Bonchev–Trinajstić information content (AvgIpc) is 2.82. The molecule has 1 aliphatic rings. The van der Waals surface area contributed by atoms with Crippen molar-refractivity contribution in [3.63, 3.8) is 0 Å². The summed E-state index contributed by atoms with van der Waals surface area (Å²) in [5, 5.41) is 0. The van der Waals surface area contributed by atoms with Crippen molar-refractivity contribution in [3.8, 4) is 0 Å².